The largest absolute Gasteiger partial charge is 0.439 e. The van der Waals surface area contributed by atoms with E-state index in [0.717, 1.165) is 5.75 Å². The van der Waals surface area contributed by atoms with Gasteiger partial charge in [-0.05, 0) is 36.6 Å². The lowest BCUT2D eigenvalue weighted by atomic mass is 10.0. The second-order valence-corrected chi connectivity index (χ2v) is 6.11. The first kappa shape index (κ1) is 18.9. The number of benzene rings is 1. The van der Waals surface area contributed by atoms with E-state index in [2.05, 4.69) is 35.4 Å². The number of rotatable bonds is 7. The van der Waals surface area contributed by atoms with Gasteiger partial charge in [0.2, 0.25) is 5.88 Å². The second kappa shape index (κ2) is 9.15. The molecule has 0 aliphatic carbocycles. The summed E-state index contributed by atoms with van der Waals surface area (Å²) in [4.78, 5) is 8.62. The summed E-state index contributed by atoms with van der Waals surface area (Å²) < 4.78 is 10.9. The first-order chi connectivity index (χ1) is 12.0. The Bertz CT molecular complexity index is 717. The van der Waals surface area contributed by atoms with Gasteiger partial charge >= 0.3 is 0 Å². The Balaban J connectivity index is 2.22. The van der Waals surface area contributed by atoms with E-state index in [1.165, 1.54) is 5.56 Å². The van der Waals surface area contributed by atoms with Crippen LogP contribution in [0, 0.1) is 0 Å². The minimum atomic E-state index is -0.0973. The average molecular weight is 343 g/mol. The summed E-state index contributed by atoms with van der Waals surface area (Å²) in [5.74, 6) is 1.91. The van der Waals surface area contributed by atoms with E-state index >= 15 is 0 Å². The molecule has 0 amide bonds. The lowest BCUT2D eigenvalue weighted by molar-refractivity contribution is 0.184. The summed E-state index contributed by atoms with van der Waals surface area (Å²) in [5.41, 5.74) is 4.01. The number of aromatic nitrogens is 1. The van der Waals surface area contributed by atoms with Crippen LogP contribution >= 0.6 is 0 Å². The van der Waals surface area contributed by atoms with E-state index in [-0.39, 0.29) is 6.04 Å². The van der Waals surface area contributed by atoms with Crippen molar-refractivity contribution in [1.29, 1.82) is 0 Å². The maximum absolute atomic E-state index is 9.39. The van der Waals surface area contributed by atoms with Gasteiger partial charge in [0, 0.05) is 24.9 Å². The van der Waals surface area contributed by atoms with E-state index < -0.39 is 0 Å². The molecule has 2 rings (SSSR count). The van der Waals surface area contributed by atoms with Crippen molar-refractivity contribution < 1.29 is 14.7 Å². The van der Waals surface area contributed by atoms with Crippen molar-refractivity contribution >= 4 is 5.84 Å². The van der Waals surface area contributed by atoms with Gasteiger partial charge in [-0.15, -0.1) is 0 Å². The van der Waals surface area contributed by atoms with Crippen LogP contribution in [0.5, 0.6) is 11.6 Å². The van der Waals surface area contributed by atoms with Crippen molar-refractivity contribution in [3.8, 4) is 11.6 Å². The van der Waals surface area contributed by atoms with Crippen LogP contribution in [0.2, 0.25) is 0 Å². The van der Waals surface area contributed by atoms with E-state index in [9.17, 15) is 5.21 Å². The number of amidine groups is 1. The summed E-state index contributed by atoms with van der Waals surface area (Å²) >= 11 is 0. The number of ether oxygens (including phenoxy) is 2. The molecule has 0 spiro atoms. The maximum atomic E-state index is 9.39. The molecule has 0 saturated carbocycles. The van der Waals surface area contributed by atoms with Crippen LogP contribution in [0.25, 0.3) is 0 Å². The minimum absolute atomic E-state index is 0.0973. The van der Waals surface area contributed by atoms with Gasteiger partial charge in [0.25, 0.3) is 0 Å². The minimum Gasteiger partial charge on any atom is -0.439 e. The molecule has 1 aromatic carbocycles. The smallest absolute Gasteiger partial charge is 0.219 e. The molecule has 6 nitrogen and oxygen atoms in total. The van der Waals surface area contributed by atoms with E-state index in [1.54, 1.807) is 25.4 Å². The zero-order valence-corrected chi connectivity index (χ0v) is 15.1. The fraction of sp³-hybridized carbons (Fsp3) is 0.368. The zero-order valence-electron chi connectivity index (χ0n) is 15.1. The molecule has 1 unspecified atom stereocenters. The lowest BCUT2D eigenvalue weighted by Gasteiger charge is -2.12. The summed E-state index contributed by atoms with van der Waals surface area (Å²) in [7, 11) is 1.61. The number of nitrogens with zero attached hydrogens (tertiary/aromatic N) is 2. The van der Waals surface area contributed by atoms with Crippen molar-refractivity contribution in [2.75, 3.05) is 13.7 Å². The number of hydrogen-bond acceptors (Lipinski definition) is 5. The Kier molecular flexibility index (Phi) is 6.91. The fourth-order valence-corrected chi connectivity index (χ4v) is 2.34. The highest BCUT2D eigenvalue weighted by Gasteiger charge is 2.09. The van der Waals surface area contributed by atoms with Gasteiger partial charge < -0.3 is 9.47 Å². The third-order valence-corrected chi connectivity index (χ3v) is 3.62. The van der Waals surface area contributed by atoms with Crippen LogP contribution in [0.15, 0.2) is 47.6 Å². The average Bonchev–Trinajstić information content (AvgIpc) is 2.60. The highest BCUT2D eigenvalue weighted by atomic mass is 16.5. The number of hydroxylamine groups is 1. The number of pyridine rings is 1. The van der Waals surface area contributed by atoms with Gasteiger partial charge in [-0.2, -0.15) is 0 Å². The molecule has 1 atom stereocenters. The molecule has 0 bridgehead atoms. The van der Waals surface area contributed by atoms with Crippen LogP contribution < -0.4 is 10.2 Å². The number of nitrogens with one attached hydrogen (secondary N) is 1. The molecule has 0 saturated heterocycles. The summed E-state index contributed by atoms with van der Waals surface area (Å²) in [6.07, 6.45) is 1.62. The Morgan fingerprint density at radius 2 is 2.04 bits per heavy atom. The summed E-state index contributed by atoms with van der Waals surface area (Å²) in [6.45, 7) is 6.63. The van der Waals surface area contributed by atoms with Crippen molar-refractivity contribution in [2.45, 2.75) is 32.7 Å². The molecule has 134 valence electrons. The molecule has 0 aliphatic heterocycles. The molecular formula is C19H25N3O3. The molecule has 0 radical (unpaired) electrons. The molecule has 25 heavy (non-hydrogen) atoms. The third-order valence-electron chi connectivity index (χ3n) is 3.62. The van der Waals surface area contributed by atoms with Crippen LogP contribution in [0.3, 0.4) is 0 Å². The first-order valence-electron chi connectivity index (χ1n) is 8.24. The predicted molar refractivity (Wildman–Crippen MR) is 97.6 cm³/mol. The Morgan fingerprint density at radius 3 is 2.72 bits per heavy atom. The highest BCUT2D eigenvalue weighted by Crippen LogP contribution is 2.24. The van der Waals surface area contributed by atoms with Gasteiger partial charge in [-0.25, -0.2) is 4.98 Å². The van der Waals surface area contributed by atoms with Crippen LogP contribution in [-0.2, 0) is 4.74 Å². The zero-order chi connectivity index (χ0) is 18.2. The van der Waals surface area contributed by atoms with Crippen molar-refractivity contribution in [3.63, 3.8) is 0 Å². The Hall–Kier alpha value is -2.44. The van der Waals surface area contributed by atoms with Gasteiger partial charge in [0.1, 0.15) is 5.75 Å². The van der Waals surface area contributed by atoms with Crippen LogP contribution in [0.4, 0.5) is 0 Å². The number of aliphatic imine (C=N–C) groups is 1. The predicted octanol–water partition coefficient (Wildman–Crippen LogP) is 3.76. The number of hydrogen-bond donors (Lipinski definition) is 2. The molecule has 1 aromatic heterocycles. The summed E-state index contributed by atoms with van der Waals surface area (Å²) in [6, 6.07) is 11.3. The molecule has 6 heteroatoms. The highest BCUT2D eigenvalue weighted by molar-refractivity contribution is 5.98. The Morgan fingerprint density at radius 1 is 1.24 bits per heavy atom. The van der Waals surface area contributed by atoms with Gasteiger partial charge in [-0.1, -0.05) is 26.0 Å². The topological polar surface area (TPSA) is 76.0 Å². The Labute approximate surface area is 148 Å². The van der Waals surface area contributed by atoms with Crippen LogP contribution in [-0.4, -0.2) is 35.8 Å². The standard InChI is InChI=1S/C19H25N3O3/c1-13(2)15-6-5-7-17(10-15)25-18-11-16(8-9-20-18)19(22-23)21-14(3)12-24-4/h5-11,13-14,23H,12H2,1-4H3,(H,21,22). The molecule has 0 aliphatic rings. The maximum Gasteiger partial charge on any atom is 0.219 e. The lowest BCUT2D eigenvalue weighted by Crippen LogP contribution is -2.23. The van der Waals surface area contributed by atoms with E-state index in [0.29, 0.717) is 29.8 Å². The molecule has 2 N–H and O–H groups in total. The first-order valence-corrected chi connectivity index (χ1v) is 8.24. The van der Waals surface area contributed by atoms with Crippen molar-refractivity contribution in [1.82, 2.24) is 10.5 Å². The van der Waals surface area contributed by atoms with Crippen molar-refractivity contribution in [3.05, 3.63) is 53.7 Å². The van der Waals surface area contributed by atoms with Gasteiger partial charge in [0.15, 0.2) is 5.84 Å². The van der Waals surface area contributed by atoms with E-state index in [1.807, 2.05) is 25.1 Å². The number of methoxy groups -OCH3 is 1. The summed E-state index contributed by atoms with van der Waals surface area (Å²) in [5, 5.41) is 9.39. The van der Waals surface area contributed by atoms with Crippen LogP contribution in [0.1, 0.15) is 37.8 Å². The molecule has 0 fully saturated rings. The third kappa shape index (κ3) is 5.55. The molecule has 2 aromatic rings. The SMILES string of the molecule is COCC(C)N=C(NO)c1ccnc(Oc2cccc(C(C)C)c2)c1. The van der Waals surface area contributed by atoms with Crippen molar-refractivity contribution in [2.24, 2.45) is 4.99 Å². The van der Waals surface area contributed by atoms with Gasteiger partial charge in [-0.3, -0.25) is 15.7 Å². The monoisotopic (exact) mass is 343 g/mol. The molecule has 1 heterocycles. The fourth-order valence-electron chi connectivity index (χ4n) is 2.34. The second-order valence-electron chi connectivity index (χ2n) is 6.11. The normalized spacial score (nSPS) is 13.0. The van der Waals surface area contributed by atoms with E-state index in [4.69, 9.17) is 9.47 Å². The van der Waals surface area contributed by atoms with Gasteiger partial charge in [0.05, 0.1) is 12.6 Å². The molecular weight excluding hydrogens is 318 g/mol. The quantitative estimate of drug-likeness (QED) is 0.455.